The van der Waals surface area contributed by atoms with Crippen LogP contribution in [0, 0.1) is 0 Å². The van der Waals surface area contributed by atoms with Crippen molar-refractivity contribution in [2.45, 2.75) is 25.7 Å². The van der Waals surface area contributed by atoms with E-state index >= 15 is 0 Å². The normalized spacial score (nSPS) is 13.4. The summed E-state index contributed by atoms with van der Waals surface area (Å²) in [7, 11) is 0. The van der Waals surface area contributed by atoms with Gasteiger partial charge in [-0.3, -0.25) is 0 Å². The van der Waals surface area contributed by atoms with E-state index < -0.39 is 11.9 Å². The Morgan fingerprint density at radius 2 is 1.43 bits per heavy atom. The summed E-state index contributed by atoms with van der Waals surface area (Å²) in [5.74, 6) is -1.10. The van der Waals surface area contributed by atoms with Gasteiger partial charge in [0.15, 0.2) is 11.2 Å². The highest BCUT2D eigenvalue weighted by atomic mass is 35.5. The molecule has 5 aromatic rings. The first-order chi connectivity index (χ1) is 16.8. The van der Waals surface area contributed by atoms with Crippen LogP contribution in [0.3, 0.4) is 0 Å². The van der Waals surface area contributed by atoms with Gasteiger partial charge in [0.05, 0.1) is 26.8 Å². The Bertz CT molecular complexity index is 1720. The van der Waals surface area contributed by atoms with Gasteiger partial charge >= 0.3 is 11.9 Å². The molecule has 0 radical (unpaired) electrons. The fourth-order valence-corrected chi connectivity index (χ4v) is 5.23. The van der Waals surface area contributed by atoms with Crippen molar-refractivity contribution in [3.05, 3.63) is 68.9 Å². The van der Waals surface area contributed by atoms with Gasteiger partial charge in [-0.15, -0.1) is 0 Å². The second-order valence-electron chi connectivity index (χ2n) is 8.53. The number of carbonyl (C=O) groups is 2. The number of para-hydroxylation sites is 1. The molecule has 1 aliphatic carbocycles. The minimum atomic E-state index is -0.946. The van der Waals surface area contributed by atoms with Gasteiger partial charge in [0.25, 0.3) is 0 Å². The van der Waals surface area contributed by atoms with Crippen molar-refractivity contribution < 1.29 is 23.2 Å². The quantitative estimate of drug-likeness (QED) is 0.155. The Balaban J connectivity index is 1.45. The number of ether oxygens (including phenoxy) is 1. The van der Waals surface area contributed by atoms with Crippen LogP contribution in [0.4, 0.5) is 11.4 Å². The van der Waals surface area contributed by atoms with E-state index in [1.807, 2.05) is 6.07 Å². The van der Waals surface area contributed by atoms with Crippen LogP contribution in [-0.4, -0.2) is 11.9 Å². The van der Waals surface area contributed by atoms with E-state index in [1.54, 1.807) is 18.2 Å². The van der Waals surface area contributed by atoms with Gasteiger partial charge in [0.1, 0.15) is 22.5 Å². The molecule has 0 fully saturated rings. The summed E-state index contributed by atoms with van der Waals surface area (Å²) in [6, 6.07) is 9.85. The maximum atomic E-state index is 13.2. The van der Waals surface area contributed by atoms with Gasteiger partial charge < -0.3 is 25.0 Å². The van der Waals surface area contributed by atoms with Gasteiger partial charge in [-0.2, -0.15) is 0 Å². The standard InChI is InChI=1S/C26H18Cl2N2O5/c27-15-9-13(23-19(21(15)29)11-5-1-3-7-17(11)33-23)25(31)35-26(32)14-10-16(28)22(30)20-12-6-2-4-8-18(12)34-24(14)20/h1,3,5,7,9-10H,2,4,6,8,29-30H2. The Morgan fingerprint density at radius 1 is 0.829 bits per heavy atom. The first kappa shape index (κ1) is 21.8. The molecule has 0 saturated heterocycles. The lowest BCUT2D eigenvalue weighted by Crippen LogP contribution is -2.14. The number of halogens is 2. The van der Waals surface area contributed by atoms with E-state index in [-0.39, 0.29) is 38.0 Å². The van der Waals surface area contributed by atoms with Crippen LogP contribution in [0.5, 0.6) is 0 Å². The number of hydrogen-bond acceptors (Lipinski definition) is 7. The van der Waals surface area contributed by atoms with Gasteiger partial charge in [-0.1, -0.05) is 41.4 Å². The van der Waals surface area contributed by atoms with Gasteiger partial charge in [0, 0.05) is 22.8 Å². The lowest BCUT2D eigenvalue weighted by Gasteiger charge is -2.10. The Morgan fingerprint density at radius 3 is 2.14 bits per heavy atom. The van der Waals surface area contributed by atoms with E-state index in [4.69, 9.17) is 48.2 Å². The molecule has 6 rings (SSSR count). The summed E-state index contributed by atoms with van der Waals surface area (Å²) in [5, 5.41) is 2.09. The first-order valence-electron chi connectivity index (χ1n) is 11.0. The van der Waals surface area contributed by atoms with Crippen LogP contribution in [0.25, 0.3) is 32.9 Å². The van der Waals surface area contributed by atoms with Crippen molar-refractivity contribution >= 4 is 79.4 Å². The van der Waals surface area contributed by atoms with Gasteiger partial charge in [-0.25, -0.2) is 9.59 Å². The third-order valence-electron chi connectivity index (χ3n) is 6.48. The van der Waals surface area contributed by atoms with Gasteiger partial charge in [-0.05, 0) is 37.5 Å². The number of hydrogen-bond donors (Lipinski definition) is 2. The number of anilines is 2. The number of fused-ring (bicyclic) bond motifs is 6. The highest BCUT2D eigenvalue weighted by molar-refractivity contribution is 6.37. The number of nitrogens with two attached hydrogens (primary N) is 2. The number of carbonyl (C=O) groups excluding carboxylic acids is 2. The average Bonchev–Trinajstić information content (AvgIpc) is 3.43. The smallest absolute Gasteiger partial charge is 0.349 e. The molecule has 2 aromatic heterocycles. The number of furan rings is 2. The maximum absolute atomic E-state index is 13.2. The second-order valence-corrected chi connectivity index (χ2v) is 9.35. The molecule has 0 spiro atoms. The molecule has 0 saturated carbocycles. The van der Waals surface area contributed by atoms with Crippen LogP contribution in [0.15, 0.2) is 45.2 Å². The number of nitrogen functional groups attached to an aromatic ring is 2. The van der Waals surface area contributed by atoms with Crippen molar-refractivity contribution in [2.24, 2.45) is 0 Å². The minimum Gasteiger partial charge on any atom is -0.460 e. The van der Waals surface area contributed by atoms with E-state index in [0.717, 1.165) is 37.0 Å². The van der Waals surface area contributed by atoms with Crippen LogP contribution in [-0.2, 0) is 17.6 Å². The highest BCUT2D eigenvalue weighted by Gasteiger charge is 2.29. The molecule has 1 aliphatic rings. The predicted molar refractivity (Wildman–Crippen MR) is 135 cm³/mol. The lowest BCUT2D eigenvalue weighted by atomic mass is 9.94. The summed E-state index contributed by atoms with van der Waals surface area (Å²) < 4.78 is 17.1. The zero-order valence-corrected chi connectivity index (χ0v) is 19.8. The molecule has 0 bridgehead atoms. The highest BCUT2D eigenvalue weighted by Crippen LogP contribution is 2.42. The lowest BCUT2D eigenvalue weighted by molar-refractivity contribution is 0.0399. The average molecular weight is 509 g/mol. The number of aryl methyl sites for hydroxylation is 2. The van der Waals surface area contributed by atoms with E-state index in [1.165, 1.54) is 12.1 Å². The molecule has 9 heteroatoms. The topological polar surface area (TPSA) is 122 Å². The summed E-state index contributed by atoms with van der Waals surface area (Å²) in [6.07, 6.45) is 3.47. The molecular weight excluding hydrogens is 491 g/mol. The second kappa shape index (κ2) is 7.93. The zero-order chi connectivity index (χ0) is 24.4. The van der Waals surface area contributed by atoms with Crippen LogP contribution in [0.2, 0.25) is 10.0 Å². The van der Waals surface area contributed by atoms with Crippen LogP contribution >= 0.6 is 23.2 Å². The van der Waals surface area contributed by atoms with Crippen molar-refractivity contribution in [1.29, 1.82) is 0 Å². The molecular formula is C26H18Cl2N2O5. The molecule has 2 heterocycles. The van der Waals surface area contributed by atoms with Crippen molar-refractivity contribution in [3.8, 4) is 0 Å². The molecule has 0 atom stereocenters. The maximum Gasteiger partial charge on any atom is 0.349 e. The number of esters is 2. The largest absolute Gasteiger partial charge is 0.460 e. The third-order valence-corrected chi connectivity index (χ3v) is 7.10. The Kier molecular flexibility index (Phi) is 4.95. The molecule has 0 amide bonds. The molecule has 3 aromatic carbocycles. The van der Waals surface area contributed by atoms with Crippen LogP contribution in [0.1, 0.15) is 44.9 Å². The van der Waals surface area contributed by atoms with Crippen molar-refractivity contribution in [3.63, 3.8) is 0 Å². The first-order valence-corrected chi connectivity index (χ1v) is 11.8. The fraction of sp³-hybridized carbons (Fsp3) is 0.154. The molecule has 0 unspecified atom stereocenters. The molecule has 176 valence electrons. The van der Waals surface area contributed by atoms with Crippen molar-refractivity contribution in [1.82, 2.24) is 0 Å². The number of benzene rings is 3. The summed E-state index contributed by atoms with van der Waals surface area (Å²) in [5.41, 5.74) is 14.9. The summed E-state index contributed by atoms with van der Waals surface area (Å²) in [6.45, 7) is 0. The molecule has 4 N–H and O–H groups in total. The fourth-order valence-electron chi connectivity index (χ4n) is 4.82. The number of rotatable bonds is 2. The Labute approximate surface area is 208 Å². The minimum absolute atomic E-state index is 0.0179. The van der Waals surface area contributed by atoms with Gasteiger partial charge in [0.2, 0.25) is 0 Å². The predicted octanol–water partition coefficient (Wildman–Crippen LogP) is 6.68. The Hall–Kier alpha value is -3.68. The van der Waals surface area contributed by atoms with E-state index in [0.29, 0.717) is 27.4 Å². The monoisotopic (exact) mass is 508 g/mol. The molecule has 7 nitrogen and oxygen atoms in total. The van der Waals surface area contributed by atoms with E-state index in [2.05, 4.69) is 0 Å². The summed E-state index contributed by atoms with van der Waals surface area (Å²) in [4.78, 5) is 26.4. The molecule has 35 heavy (non-hydrogen) atoms. The van der Waals surface area contributed by atoms with E-state index in [9.17, 15) is 9.59 Å². The van der Waals surface area contributed by atoms with Crippen LogP contribution < -0.4 is 11.5 Å². The zero-order valence-electron chi connectivity index (χ0n) is 18.2. The third kappa shape index (κ3) is 3.26. The molecule has 0 aliphatic heterocycles. The summed E-state index contributed by atoms with van der Waals surface area (Å²) >= 11 is 12.7. The van der Waals surface area contributed by atoms with Crippen molar-refractivity contribution in [2.75, 3.05) is 11.5 Å². The SMILES string of the molecule is Nc1c(Cl)cc(C(=O)OC(=O)c2cc(Cl)c(N)c3c2oc2ccccc23)c2oc3c(c12)CCCC3.